The summed E-state index contributed by atoms with van der Waals surface area (Å²) in [7, 11) is -0.243. The van der Waals surface area contributed by atoms with Gasteiger partial charge in [-0.25, -0.2) is 4.79 Å². The Balaban J connectivity index is 2.30. The van der Waals surface area contributed by atoms with E-state index in [4.69, 9.17) is 9.16 Å². The first-order valence-corrected chi connectivity index (χ1v) is 11.5. The molecule has 0 fully saturated rings. The monoisotopic (exact) mass is 368 g/mol. The molecule has 1 N–H and O–H groups in total. The van der Waals surface area contributed by atoms with Crippen molar-refractivity contribution in [2.45, 2.75) is 51.4 Å². The van der Waals surface area contributed by atoms with Crippen molar-refractivity contribution in [3.05, 3.63) is 30.1 Å². The van der Waals surface area contributed by atoms with Crippen LogP contribution in [0.3, 0.4) is 0 Å². The highest BCUT2D eigenvalue weighted by atomic mass is 28.4. The largest absolute Gasteiger partial charge is 0.447 e. The number of nitrogens with zero attached hydrogens (tertiary/aromatic N) is 2. The fraction of sp³-hybridized carbons (Fsp3) is 0.667. The maximum Gasteiger partial charge on any atom is 0.409 e. The molecule has 0 aliphatic rings. The molecule has 0 saturated heterocycles. The third kappa shape index (κ3) is 7.54. The third-order valence-electron chi connectivity index (χ3n) is 4.58. The van der Waals surface area contributed by atoms with E-state index in [-0.39, 0.29) is 18.3 Å². The van der Waals surface area contributed by atoms with Gasteiger partial charge in [-0.2, -0.15) is 0 Å². The number of aliphatic hydroxyl groups is 1. The highest BCUT2D eigenvalue weighted by molar-refractivity contribution is 6.74. The molecule has 0 aliphatic heterocycles. The first-order valence-electron chi connectivity index (χ1n) is 8.63. The number of aromatic nitrogens is 1. The Bertz CT molecular complexity index is 532. The molecule has 1 atom stereocenters. The van der Waals surface area contributed by atoms with E-state index in [2.05, 4.69) is 38.8 Å². The van der Waals surface area contributed by atoms with Crippen molar-refractivity contribution in [1.29, 1.82) is 0 Å². The first-order chi connectivity index (χ1) is 11.5. The fourth-order valence-corrected chi connectivity index (χ4v) is 2.81. The maximum atomic E-state index is 12.0. The summed E-state index contributed by atoms with van der Waals surface area (Å²) in [6.07, 6.45) is 1.11. The van der Waals surface area contributed by atoms with Crippen molar-refractivity contribution in [2.75, 3.05) is 26.8 Å². The number of aliphatic hydroxyl groups excluding tert-OH is 1. The number of hydrogen-bond donors (Lipinski definition) is 1. The van der Waals surface area contributed by atoms with Gasteiger partial charge in [-0.3, -0.25) is 4.98 Å². The zero-order valence-corrected chi connectivity index (χ0v) is 17.3. The van der Waals surface area contributed by atoms with Gasteiger partial charge in [0, 0.05) is 31.9 Å². The van der Waals surface area contributed by atoms with Gasteiger partial charge in [-0.05, 0) is 30.3 Å². The molecule has 0 bridgehead atoms. The van der Waals surface area contributed by atoms with Crippen molar-refractivity contribution in [3.63, 3.8) is 0 Å². The highest BCUT2D eigenvalue weighted by Crippen LogP contribution is 2.36. The van der Waals surface area contributed by atoms with Crippen molar-refractivity contribution in [1.82, 2.24) is 9.88 Å². The van der Waals surface area contributed by atoms with Crippen LogP contribution >= 0.6 is 0 Å². The summed E-state index contributed by atoms with van der Waals surface area (Å²) in [6, 6.07) is 5.69. The number of amides is 1. The number of rotatable bonds is 8. The predicted molar refractivity (Wildman–Crippen MR) is 101 cm³/mol. The van der Waals surface area contributed by atoms with Gasteiger partial charge in [-0.1, -0.05) is 26.8 Å². The molecule has 0 radical (unpaired) electrons. The van der Waals surface area contributed by atoms with Crippen LogP contribution in [0.5, 0.6) is 0 Å². The van der Waals surface area contributed by atoms with E-state index in [9.17, 15) is 9.90 Å². The molecule has 1 unspecified atom stereocenters. The third-order valence-corrected chi connectivity index (χ3v) is 9.08. The van der Waals surface area contributed by atoms with Crippen LogP contribution in [0.1, 0.15) is 26.5 Å². The van der Waals surface area contributed by atoms with Crippen LogP contribution in [0.2, 0.25) is 18.1 Å². The van der Waals surface area contributed by atoms with Gasteiger partial charge in [0.1, 0.15) is 12.7 Å². The van der Waals surface area contributed by atoms with Gasteiger partial charge < -0.3 is 19.2 Å². The van der Waals surface area contributed by atoms with E-state index >= 15 is 0 Å². The lowest BCUT2D eigenvalue weighted by molar-refractivity contribution is 0.0252. The van der Waals surface area contributed by atoms with Gasteiger partial charge in [0.15, 0.2) is 8.32 Å². The van der Waals surface area contributed by atoms with Crippen molar-refractivity contribution in [3.8, 4) is 0 Å². The van der Waals surface area contributed by atoms with E-state index in [1.54, 1.807) is 13.2 Å². The smallest absolute Gasteiger partial charge is 0.409 e. The van der Waals surface area contributed by atoms with Crippen LogP contribution in [0.4, 0.5) is 4.79 Å². The quantitative estimate of drug-likeness (QED) is 0.714. The standard InChI is InChI=1S/C18H32N2O4Si/c1-18(2,3)25(5,6)24-14-16(21)13-23-17(22)20(4)12-10-15-9-7-8-11-19-15/h7-9,11,16,21H,10,12-14H2,1-6H3. The Morgan fingerprint density at radius 3 is 2.56 bits per heavy atom. The minimum atomic E-state index is -1.91. The number of ether oxygens (including phenoxy) is 1. The zero-order chi connectivity index (χ0) is 19.1. The molecular formula is C18H32N2O4Si. The minimum absolute atomic E-state index is 0.0681. The molecule has 0 aromatic carbocycles. The van der Waals surface area contributed by atoms with E-state index in [1.807, 2.05) is 18.2 Å². The van der Waals surface area contributed by atoms with Gasteiger partial charge in [0.25, 0.3) is 0 Å². The lowest BCUT2D eigenvalue weighted by Crippen LogP contribution is -2.43. The molecule has 142 valence electrons. The SMILES string of the molecule is CN(CCc1ccccn1)C(=O)OCC(O)CO[Si](C)(C)C(C)(C)C. The summed E-state index contributed by atoms with van der Waals surface area (Å²) in [5, 5.41) is 10.1. The Morgan fingerprint density at radius 2 is 2.00 bits per heavy atom. The normalized spacial score (nSPS) is 13.4. The number of pyridine rings is 1. The van der Waals surface area contributed by atoms with Crippen molar-refractivity contribution in [2.24, 2.45) is 0 Å². The molecule has 1 aromatic rings. The molecule has 7 heteroatoms. The Hall–Kier alpha value is -1.44. The van der Waals surface area contributed by atoms with E-state index in [1.165, 1.54) is 4.90 Å². The number of hydrogen-bond acceptors (Lipinski definition) is 5. The van der Waals surface area contributed by atoms with Crippen molar-refractivity contribution >= 4 is 14.4 Å². The minimum Gasteiger partial charge on any atom is -0.447 e. The summed E-state index contributed by atoms with van der Waals surface area (Å²) in [6.45, 7) is 11.3. The topological polar surface area (TPSA) is 71.9 Å². The van der Waals surface area contributed by atoms with Crippen molar-refractivity contribution < 1.29 is 19.1 Å². The fourth-order valence-electron chi connectivity index (χ4n) is 1.77. The molecule has 0 aliphatic carbocycles. The van der Waals surface area contributed by atoms with E-state index in [0.717, 1.165) is 5.69 Å². The van der Waals surface area contributed by atoms with E-state index in [0.29, 0.717) is 13.0 Å². The lowest BCUT2D eigenvalue weighted by Gasteiger charge is -2.36. The number of carbonyl (C=O) groups excluding carboxylic acids is 1. The number of likely N-dealkylation sites (N-methyl/N-ethyl adjacent to an activating group) is 1. The Labute approximate surface area is 152 Å². The van der Waals surface area contributed by atoms with Crippen LogP contribution in [-0.4, -0.2) is 62.3 Å². The Kier molecular flexibility index (Phi) is 8.04. The second kappa shape index (κ2) is 9.31. The second-order valence-corrected chi connectivity index (χ2v) is 12.6. The van der Waals surface area contributed by atoms with E-state index < -0.39 is 20.5 Å². The second-order valence-electron chi connectivity index (χ2n) is 7.79. The summed E-state index contributed by atoms with van der Waals surface area (Å²) >= 11 is 0. The Morgan fingerprint density at radius 1 is 1.32 bits per heavy atom. The summed E-state index contributed by atoms with van der Waals surface area (Å²) in [5.41, 5.74) is 0.921. The zero-order valence-electron chi connectivity index (χ0n) is 16.3. The molecule has 1 heterocycles. The number of carbonyl (C=O) groups is 1. The summed E-state index contributed by atoms with van der Waals surface area (Å²) < 4.78 is 11.1. The van der Waals surface area contributed by atoms with Gasteiger partial charge in [-0.15, -0.1) is 0 Å². The first kappa shape index (κ1) is 21.6. The average Bonchev–Trinajstić information content (AvgIpc) is 2.55. The molecule has 6 nitrogen and oxygen atoms in total. The van der Waals surface area contributed by atoms with Gasteiger partial charge in [0.2, 0.25) is 0 Å². The predicted octanol–water partition coefficient (Wildman–Crippen LogP) is 3.08. The average molecular weight is 369 g/mol. The molecule has 1 aromatic heterocycles. The maximum absolute atomic E-state index is 12.0. The lowest BCUT2D eigenvalue weighted by atomic mass is 10.2. The molecule has 1 rings (SSSR count). The van der Waals surface area contributed by atoms with Crippen LogP contribution in [0.25, 0.3) is 0 Å². The van der Waals surface area contributed by atoms with Crippen LogP contribution in [0, 0.1) is 0 Å². The van der Waals surface area contributed by atoms with Crippen LogP contribution in [-0.2, 0) is 15.6 Å². The molecule has 25 heavy (non-hydrogen) atoms. The summed E-state index contributed by atoms with van der Waals surface area (Å²) in [5.74, 6) is 0. The highest BCUT2D eigenvalue weighted by Gasteiger charge is 2.37. The van der Waals surface area contributed by atoms with Crippen LogP contribution in [0.15, 0.2) is 24.4 Å². The molecule has 0 spiro atoms. The molecule has 1 amide bonds. The van der Waals surface area contributed by atoms with Crippen LogP contribution < -0.4 is 0 Å². The summed E-state index contributed by atoms with van der Waals surface area (Å²) in [4.78, 5) is 17.7. The molecule has 0 saturated carbocycles. The molecular weight excluding hydrogens is 336 g/mol. The van der Waals surface area contributed by atoms with Gasteiger partial charge >= 0.3 is 6.09 Å². The van der Waals surface area contributed by atoms with Gasteiger partial charge in [0.05, 0.1) is 6.61 Å².